The molecule has 1 saturated heterocycles. The number of allylic oxidation sites excluding steroid dienone is 2. The summed E-state index contributed by atoms with van der Waals surface area (Å²) in [6, 6.07) is 0. The zero-order valence-electron chi connectivity index (χ0n) is 10.9. The van der Waals surface area contributed by atoms with Gasteiger partial charge in [0.25, 0.3) is 5.79 Å². The van der Waals surface area contributed by atoms with Gasteiger partial charge in [0.1, 0.15) is 24.1 Å². The van der Waals surface area contributed by atoms with E-state index in [2.05, 4.69) is 0 Å². The molecule has 0 saturated carbocycles. The molecule has 0 radical (unpaired) electrons. The highest BCUT2D eigenvalue weighted by molar-refractivity contribution is 5.22. The zero-order valence-corrected chi connectivity index (χ0v) is 10.9. The lowest BCUT2D eigenvalue weighted by Gasteiger charge is -2.26. The average Bonchev–Trinajstić information content (AvgIpc) is 2.52. The molecule has 0 aromatic carbocycles. The summed E-state index contributed by atoms with van der Waals surface area (Å²) < 4.78 is 5.06. The van der Waals surface area contributed by atoms with E-state index in [-0.39, 0.29) is 5.76 Å². The molecule has 104 valence electrons. The molecule has 0 aromatic rings. The maximum absolute atomic E-state index is 10.1. The fourth-order valence-corrected chi connectivity index (χ4v) is 1.79. The third-order valence-corrected chi connectivity index (χ3v) is 2.94. The van der Waals surface area contributed by atoms with Gasteiger partial charge in [-0.25, -0.2) is 0 Å². The van der Waals surface area contributed by atoms with E-state index in [1.807, 2.05) is 0 Å². The van der Waals surface area contributed by atoms with Crippen molar-refractivity contribution in [3.8, 4) is 0 Å². The minimum Gasteiger partial charge on any atom is -0.510 e. The summed E-state index contributed by atoms with van der Waals surface area (Å²) >= 11 is 0. The van der Waals surface area contributed by atoms with E-state index in [1.54, 1.807) is 13.8 Å². The summed E-state index contributed by atoms with van der Waals surface area (Å²) in [4.78, 5) is 0. The average molecular weight is 260 g/mol. The van der Waals surface area contributed by atoms with Gasteiger partial charge in [-0.3, -0.25) is 0 Å². The third kappa shape index (κ3) is 2.24. The number of hydrogen-bond acceptors (Lipinski definition) is 6. The third-order valence-electron chi connectivity index (χ3n) is 2.94. The van der Waals surface area contributed by atoms with Gasteiger partial charge in [-0.1, -0.05) is 0 Å². The highest BCUT2D eigenvalue weighted by atomic mass is 16.7. The largest absolute Gasteiger partial charge is 0.510 e. The molecule has 1 unspecified atom stereocenters. The fourth-order valence-electron chi connectivity index (χ4n) is 1.79. The molecule has 0 aliphatic carbocycles. The first-order valence-corrected chi connectivity index (χ1v) is 5.62. The van der Waals surface area contributed by atoms with Crippen LogP contribution in [-0.2, 0) is 4.74 Å². The van der Waals surface area contributed by atoms with E-state index in [1.165, 1.54) is 13.8 Å². The maximum Gasteiger partial charge on any atom is 0.255 e. The van der Waals surface area contributed by atoms with Crippen LogP contribution in [0.25, 0.3) is 0 Å². The van der Waals surface area contributed by atoms with Crippen LogP contribution in [0.2, 0.25) is 0 Å². The molecule has 0 bridgehead atoms. The van der Waals surface area contributed by atoms with Crippen LogP contribution in [0.1, 0.15) is 27.7 Å². The molecule has 6 heteroatoms. The van der Waals surface area contributed by atoms with Crippen molar-refractivity contribution in [2.24, 2.45) is 0 Å². The lowest BCUT2D eigenvalue weighted by atomic mass is 10.00. The first-order valence-electron chi connectivity index (χ1n) is 5.62. The number of rotatable bonds is 2. The fraction of sp³-hybridized carbons (Fsp3) is 0.667. The van der Waals surface area contributed by atoms with Crippen LogP contribution in [0, 0.1) is 0 Å². The number of hydrogen-bond donors (Lipinski definition) is 5. The first-order chi connectivity index (χ1) is 8.12. The number of aliphatic hydroxyl groups is 5. The van der Waals surface area contributed by atoms with Crippen LogP contribution in [0.15, 0.2) is 22.7 Å². The van der Waals surface area contributed by atoms with E-state index in [0.29, 0.717) is 11.1 Å². The van der Waals surface area contributed by atoms with E-state index in [4.69, 9.17) is 4.74 Å². The molecule has 0 aromatic heterocycles. The SMILES string of the molecule is CC(C)=C(O)[C@H]1OC(O)(C(O)=C(C)C)[C@H](O)[C@H]1O. The van der Waals surface area contributed by atoms with Gasteiger partial charge in [-0.05, 0) is 38.8 Å². The smallest absolute Gasteiger partial charge is 0.255 e. The van der Waals surface area contributed by atoms with Crippen molar-refractivity contribution in [2.45, 2.75) is 51.8 Å². The summed E-state index contributed by atoms with van der Waals surface area (Å²) in [5, 5.41) is 49.2. The van der Waals surface area contributed by atoms with E-state index >= 15 is 0 Å². The highest BCUT2D eigenvalue weighted by Crippen LogP contribution is 2.37. The predicted molar refractivity (Wildman–Crippen MR) is 63.8 cm³/mol. The van der Waals surface area contributed by atoms with Crippen molar-refractivity contribution < 1.29 is 30.3 Å². The van der Waals surface area contributed by atoms with E-state index in [0.717, 1.165) is 0 Å². The summed E-state index contributed by atoms with van der Waals surface area (Å²) in [6.07, 6.45) is -4.57. The zero-order chi connectivity index (χ0) is 14.2. The standard InChI is InChI=1S/C12H20O6/c1-5(2)7(13)9-8(14)11(16)12(17,18-9)10(15)6(3)4/h8-9,11,13-17H,1-4H3/t8-,9+,11+,12?/m0/s1. The number of aliphatic hydroxyl groups excluding tert-OH is 4. The summed E-state index contributed by atoms with van der Waals surface area (Å²) in [7, 11) is 0. The molecule has 5 N–H and O–H groups in total. The van der Waals surface area contributed by atoms with Gasteiger partial charge in [0.15, 0.2) is 5.76 Å². The monoisotopic (exact) mass is 260 g/mol. The summed E-state index contributed by atoms with van der Waals surface area (Å²) in [5.41, 5.74) is 0.813. The van der Waals surface area contributed by atoms with Gasteiger partial charge in [0.05, 0.1) is 0 Å². The van der Waals surface area contributed by atoms with Gasteiger partial charge in [-0.2, -0.15) is 0 Å². The van der Waals surface area contributed by atoms with Crippen LogP contribution in [0.5, 0.6) is 0 Å². The minimum absolute atomic E-state index is 0.279. The summed E-state index contributed by atoms with van der Waals surface area (Å²) in [6.45, 7) is 6.22. The van der Waals surface area contributed by atoms with Crippen molar-refractivity contribution in [3.05, 3.63) is 22.7 Å². The van der Waals surface area contributed by atoms with Crippen molar-refractivity contribution >= 4 is 0 Å². The Kier molecular flexibility index (Phi) is 4.07. The van der Waals surface area contributed by atoms with Gasteiger partial charge in [-0.15, -0.1) is 0 Å². The Morgan fingerprint density at radius 3 is 1.89 bits per heavy atom. The molecule has 1 aliphatic rings. The first kappa shape index (κ1) is 15.0. The normalized spacial score (nSPS) is 35.4. The van der Waals surface area contributed by atoms with Crippen LogP contribution in [0.4, 0.5) is 0 Å². The molecule has 0 amide bonds. The molecular formula is C12H20O6. The second-order valence-corrected chi connectivity index (χ2v) is 4.90. The Hall–Kier alpha value is -1.08. The van der Waals surface area contributed by atoms with Crippen LogP contribution >= 0.6 is 0 Å². The highest BCUT2D eigenvalue weighted by Gasteiger charge is 2.57. The van der Waals surface area contributed by atoms with Crippen LogP contribution < -0.4 is 0 Å². The Labute approximate surface area is 105 Å². The van der Waals surface area contributed by atoms with Crippen molar-refractivity contribution in [3.63, 3.8) is 0 Å². The summed E-state index contributed by atoms with van der Waals surface area (Å²) in [5.74, 6) is -3.26. The van der Waals surface area contributed by atoms with Crippen LogP contribution in [-0.4, -0.2) is 49.6 Å². The second-order valence-electron chi connectivity index (χ2n) is 4.90. The van der Waals surface area contributed by atoms with Gasteiger partial charge in [0, 0.05) is 0 Å². The predicted octanol–water partition coefficient (Wildman–Crippen LogP) is 0.499. The lowest BCUT2D eigenvalue weighted by Crippen LogP contribution is -2.45. The molecule has 4 atom stereocenters. The molecular weight excluding hydrogens is 240 g/mol. The molecule has 1 aliphatic heterocycles. The van der Waals surface area contributed by atoms with Crippen LogP contribution in [0.3, 0.4) is 0 Å². The molecule has 1 heterocycles. The Bertz CT molecular complexity index is 391. The Morgan fingerprint density at radius 1 is 1.00 bits per heavy atom. The minimum atomic E-state index is -2.41. The molecule has 6 nitrogen and oxygen atoms in total. The Morgan fingerprint density at radius 2 is 1.50 bits per heavy atom. The molecule has 1 rings (SSSR count). The van der Waals surface area contributed by atoms with Crippen molar-refractivity contribution in [1.82, 2.24) is 0 Å². The second kappa shape index (κ2) is 4.89. The van der Waals surface area contributed by atoms with Crippen molar-refractivity contribution in [2.75, 3.05) is 0 Å². The molecule has 18 heavy (non-hydrogen) atoms. The van der Waals surface area contributed by atoms with E-state index < -0.39 is 29.9 Å². The maximum atomic E-state index is 10.1. The van der Waals surface area contributed by atoms with Crippen molar-refractivity contribution in [1.29, 1.82) is 0 Å². The topological polar surface area (TPSA) is 110 Å². The van der Waals surface area contributed by atoms with Gasteiger partial charge >= 0.3 is 0 Å². The lowest BCUT2D eigenvalue weighted by molar-refractivity contribution is -0.217. The van der Waals surface area contributed by atoms with Gasteiger partial charge in [0.2, 0.25) is 0 Å². The quantitative estimate of drug-likeness (QED) is 0.462. The molecule has 0 spiro atoms. The van der Waals surface area contributed by atoms with Gasteiger partial charge < -0.3 is 30.3 Å². The number of ether oxygens (including phenoxy) is 1. The Balaban J connectivity index is 3.17. The van der Waals surface area contributed by atoms with E-state index in [9.17, 15) is 25.5 Å². The molecule has 1 fully saturated rings.